The highest BCUT2D eigenvalue weighted by Crippen LogP contribution is 2.21. The van der Waals surface area contributed by atoms with Gasteiger partial charge in [0.15, 0.2) is 6.10 Å². The Labute approximate surface area is 109 Å². The Hall–Kier alpha value is -2.13. The molecule has 5 nitrogen and oxygen atoms in total. The van der Waals surface area contributed by atoms with Crippen molar-refractivity contribution >= 4 is 11.7 Å². The van der Waals surface area contributed by atoms with Crippen molar-refractivity contribution in [1.29, 1.82) is 5.26 Å². The maximum Gasteiger partial charge on any atom is 0.332 e. The molecular weight excluding hydrogens is 251 g/mol. The number of nitrogens with one attached hydrogen (secondary N) is 1. The Morgan fingerprint density at radius 2 is 2.37 bits per heavy atom. The van der Waals surface area contributed by atoms with Gasteiger partial charge in [-0.1, -0.05) is 0 Å². The number of rotatable bonds is 4. The third-order valence-electron chi connectivity index (χ3n) is 3.00. The standard InChI is InChI=1S/C13H13FN2O3/c14-11-3-1-9(5-8(11)6-15)16-7-10-2-4-12(19-10)13(17)18/h1,3,5,10,12,16H,2,4,7H2,(H,17,18). The average molecular weight is 264 g/mol. The van der Waals surface area contributed by atoms with Gasteiger partial charge in [-0.05, 0) is 31.0 Å². The number of benzene rings is 1. The Morgan fingerprint density at radius 1 is 1.58 bits per heavy atom. The SMILES string of the molecule is N#Cc1cc(NCC2CCC(C(=O)O)O2)ccc1F. The molecule has 0 bridgehead atoms. The summed E-state index contributed by atoms with van der Waals surface area (Å²) in [5, 5.41) is 20.5. The number of carboxylic acid groups (broad SMARTS) is 1. The van der Waals surface area contributed by atoms with Crippen LogP contribution in [0.25, 0.3) is 0 Å². The molecule has 1 heterocycles. The number of carboxylic acids is 1. The molecule has 0 saturated carbocycles. The van der Waals surface area contributed by atoms with Crippen LogP contribution in [0, 0.1) is 17.1 Å². The first-order chi connectivity index (χ1) is 9.10. The second-order valence-corrected chi connectivity index (χ2v) is 4.35. The molecule has 0 radical (unpaired) electrons. The number of anilines is 1. The van der Waals surface area contributed by atoms with Crippen molar-refractivity contribution in [2.75, 3.05) is 11.9 Å². The number of halogens is 1. The summed E-state index contributed by atoms with van der Waals surface area (Å²) in [5.74, 6) is -1.51. The predicted molar refractivity (Wildman–Crippen MR) is 65.1 cm³/mol. The van der Waals surface area contributed by atoms with Crippen LogP contribution in [0.5, 0.6) is 0 Å². The molecule has 100 valence electrons. The minimum Gasteiger partial charge on any atom is -0.479 e. The summed E-state index contributed by atoms with van der Waals surface area (Å²) in [7, 11) is 0. The summed E-state index contributed by atoms with van der Waals surface area (Å²) in [5.41, 5.74) is 0.584. The molecule has 19 heavy (non-hydrogen) atoms. The first-order valence-electron chi connectivity index (χ1n) is 5.92. The molecule has 1 fully saturated rings. The van der Waals surface area contributed by atoms with Crippen molar-refractivity contribution in [2.24, 2.45) is 0 Å². The maximum atomic E-state index is 13.1. The Balaban J connectivity index is 1.90. The van der Waals surface area contributed by atoms with Gasteiger partial charge in [0.25, 0.3) is 0 Å². The van der Waals surface area contributed by atoms with Crippen molar-refractivity contribution < 1.29 is 19.0 Å². The third kappa shape index (κ3) is 3.20. The van der Waals surface area contributed by atoms with E-state index in [1.54, 1.807) is 6.07 Å². The molecule has 1 aromatic rings. The molecule has 1 aromatic carbocycles. The van der Waals surface area contributed by atoms with Gasteiger partial charge in [-0.15, -0.1) is 0 Å². The van der Waals surface area contributed by atoms with Crippen LogP contribution >= 0.6 is 0 Å². The molecule has 1 saturated heterocycles. The van der Waals surface area contributed by atoms with Crippen molar-refractivity contribution in [2.45, 2.75) is 25.0 Å². The summed E-state index contributed by atoms with van der Waals surface area (Å²) >= 11 is 0. The van der Waals surface area contributed by atoms with Crippen molar-refractivity contribution in [3.8, 4) is 6.07 Å². The zero-order valence-electron chi connectivity index (χ0n) is 10.1. The second kappa shape index (κ2) is 5.67. The van der Waals surface area contributed by atoms with Crippen molar-refractivity contribution in [3.05, 3.63) is 29.6 Å². The van der Waals surface area contributed by atoms with E-state index in [4.69, 9.17) is 15.1 Å². The Bertz CT molecular complexity index is 527. The minimum atomic E-state index is -0.948. The van der Waals surface area contributed by atoms with Gasteiger partial charge in [-0.3, -0.25) is 0 Å². The second-order valence-electron chi connectivity index (χ2n) is 4.35. The number of nitriles is 1. The fourth-order valence-electron chi connectivity index (χ4n) is 1.99. The molecule has 0 aliphatic carbocycles. The van der Waals surface area contributed by atoms with Crippen molar-refractivity contribution in [3.63, 3.8) is 0 Å². The zero-order valence-corrected chi connectivity index (χ0v) is 10.1. The summed E-state index contributed by atoms with van der Waals surface area (Å²) in [6.45, 7) is 0.431. The smallest absolute Gasteiger partial charge is 0.332 e. The van der Waals surface area contributed by atoms with E-state index in [1.807, 2.05) is 0 Å². The van der Waals surface area contributed by atoms with Crippen LogP contribution in [0.15, 0.2) is 18.2 Å². The lowest BCUT2D eigenvalue weighted by Crippen LogP contribution is -2.24. The number of hydrogen-bond donors (Lipinski definition) is 2. The number of hydrogen-bond acceptors (Lipinski definition) is 4. The van der Waals surface area contributed by atoms with Crippen LogP contribution in [0.3, 0.4) is 0 Å². The average Bonchev–Trinajstić information content (AvgIpc) is 2.87. The van der Waals surface area contributed by atoms with Gasteiger partial charge in [0.2, 0.25) is 0 Å². The zero-order chi connectivity index (χ0) is 13.8. The quantitative estimate of drug-likeness (QED) is 0.865. The summed E-state index contributed by atoms with van der Waals surface area (Å²) in [6, 6.07) is 5.92. The van der Waals surface area contributed by atoms with E-state index in [9.17, 15) is 9.18 Å². The third-order valence-corrected chi connectivity index (χ3v) is 3.00. The highest BCUT2D eigenvalue weighted by Gasteiger charge is 2.30. The Morgan fingerprint density at radius 3 is 3.00 bits per heavy atom. The molecular formula is C13H13FN2O3. The van der Waals surface area contributed by atoms with E-state index in [-0.39, 0.29) is 11.7 Å². The molecule has 0 amide bonds. The summed E-state index contributed by atoms with van der Waals surface area (Å²) < 4.78 is 18.4. The van der Waals surface area contributed by atoms with Gasteiger partial charge < -0.3 is 15.2 Å². The van der Waals surface area contributed by atoms with Gasteiger partial charge in [0, 0.05) is 12.2 Å². The monoisotopic (exact) mass is 264 g/mol. The van der Waals surface area contributed by atoms with Crippen LogP contribution in [0.4, 0.5) is 10.1 Å². The first-order valence-corrected chi connectivity index (χ1v) is 5.92. The maximum absolute atomic E-state index is 13.1. The van der Waals surface area contributed by atoms with E-state index in [0.717, 1.165) is 0 Å². The van der Waals surface area contributed by atoms with E-state index in [2.05, 4.69) is 5.32 Å². The van der Waals surface area contributed by atoms with Gasteiger partial charge in [-0.25, -0.2) is 9.18 Å². The lowest BCUT2D eigenvalue weighted by Gasteiger charge is -2.13. The van der Waals surface area contributed by atoms with Crippen LogP contribution in [0.2, 0.25) is 0 Å². The molecule has 2 unspecified atom stereocenters. The van der Waals surface area contributed by atoms with Crippen LogP contribution in [-0.4, -0.2) is 29.8 Å². The molecule has 6 heteroatoms. The number of ether oxygens (including phenoxy) is 1. The normalized spacial score (nSPS) is 21.9. The van der Waals surface area contributed by atoms with Gasteiger partial charge in [0.1, 0.15) is 11.9 Å². The first kappa shape index (κ1) is 13.3. The fraction of sp³-hybridized carbons (Fsp3) is 0.385. The van der Waals surface area contributed by atoms with E-state index < -0.39 is 17.9 Å². The largest absolute Gasteiger partial charge is 0.479 e. The fourth-order valence-corrected chi connectivity index (χ4v) is 1.99. The summed E-state index contributed by atoms with van der Waals surface area (Å²) in [6.07, 6.45) is 0.233. The molecule has 1 aliphatic heterocycles. The highest BCUT2D eigenvalue weighted by molar-refractivity contribution is 5.72. The summed E-state index contributed by atoms with van der Waals surface area (Å²) in [4.78, 5) is 10.7. The van der Waals surface area contributed by atoms with E-state index >= 15 is 0 Å². The number of nitrogens with zero attached hydrogens (tertiary/aromatic N) is 1. The van der Waals surface area contributed by atoms with Gasteiger partial charge in [-0.2, -0.15) is 5.26 Å². The van der Waals surface area contributed by atoms with Crippen molar-refractivity contribution in [1.82, 2.24) is 0 Å². The lowest BCUT2D eigenvalue weighted by molar-refractivity contribution is -0.149. The molecule has 0 spiro atoms. The number of carbonyl (C=O) groups is 1. The number of aliphatic carboxylic acids is 1. The van der Waals surface area contributed by atoms with Crippen LogP contribution in [-0.2, 0) is 9.53 Å². The topological polar surface area (TPSA) is 82.4 Å². The predicted octanol–water partition coefficient (Wildman–Crippen LogP) is 1.74. The highest BCUT2D eigenvalue weighted by atomic mass is 19.1. The van der Waals surface area contributed by atoms with Crippen LogP contribution < -0.4 is 5.32 Å². The van der Waals surface area contributed by atoms with E-state index in [1.165, 1.54) is 18.2 Å². The van der Waals surface area contributed by atoms with Gasteiger partial charge in [0.05, 0.1) is 11.7 Å². The molecule has 0 aromatic heterocycles. The van der Waals surface area contributed by atoms with Crippen LogP contribution in [0.1, 0.15) is 18.4 Å². The molecule has 2 rings (SSSR count). The Kier molecular flexibility index (Phi) is 3.97. The molecule has 2 N–H and O–H groups in total. The minimum absolute atomic E-state index is 0.0271. The lowest BCUT2D eigenvalue weighted by atomic mass is 10.2. The van der Waals surface area contributed by atoms with Gasteiger partial charge >= 0.3 is 5.97 Å². The molecule has 1 aliphatic rings. The van der Waals surface area contributed by atoms with E-state index in [0.29, 0.717) is 25.1 Å². The molecule has 2 atom stereocenters.